The summed E-state index contributed by atoms with van der Waals surface area (Å²) in [7, 11) is 0. The number of Topliss-reactive ketones (excluding diaryl/α,β-unsaturated/α-hetero) is 3. The number of rotatable bonds is 4. The van der Waals surface area contributed by atoms with Crippen molar-refractivity contribution in [3.63, 3.8) is 0 Å². The minimum atomic E-state index is -1.49. The second-order valence-electron chi connectivity index (χ2n) is 4.73. The molecule has 0 saturated carbocycles. The molecule has 1 aromatic rings. The molecule has 2 rings (SSSR count). The Hall–Kier alpha value is -2.27. The zero-order chi connectivity index (χ0) is 16.4. The van der Waals surface area contributed by atoms with Crippen LogP contribution < -0.4 is 0 Å². The first-order valence-corrected chi connectivity index (χ1v) is 7.03. The first-order chi connectivity index (χ1) is 10.4. The molecule has 114 valence electrons. The quantitative estimate of drug-likeness (QED) is 0.628. The lowest BCUT2D eigenvalue weighted by molar-refractivity contribution is -0.149. The van der Waals surface area contributed by atoms with Gasteiger partial charge in [-0.05, 0) is 13.8 Å². The standard InChI is InChI=1S/C16H13ClO5/c1-3-22-16(21)11(8(2)18)12-13(17)15(20)10-7-5-4-6-9(10)14(12)19/h4-7,11H,3H2,1-2H3. The Bertz CT molecular complexity index is 717. The highest BCUT2D eigenvalue weighted by atomic mass is 35.5. The van der Waals surface area contributed by atoms with Gasteiger partial charge in [0.25, 0.3) is 0 Å². The number of esters is 1. The van der Waals surface area contributed by atoms with Gasteiger partial charge in [-0.15, -0.1) is 0 Å². The molecule has 22 heavy (non-hydrogen) atoms. The fraction of sp³-hybridized carbons (Fsp3) is 0.250. The Labute approximate surface area is 131 Å². The fourth-order valence-corrected chi connectivity index (χ4v) is 2.63. The van der Waals surface area contributed by atoms with E-state index in [1.54, 1.807) is 19.1 Å². The lowest BCUT2D eigenvalue weighted by Crippen LogP contribution is -2.33. The number of fused-ring (bicyclic) bond motifs is 1. The summed E-state index contributed by atoms with van der Waals surface area (Å²) in [6.07, 6.45) is 0. The second kappa shape index (κ2) is 6.23. The molecule has 5 nitrogen and oxygen atoms in total. The molecule has 1 aromatic carbocycles. The monoisotopic (exact) mass is 320 g/mol. The Morgan fingerprint density at radius 2 is 1.68 bits per heavy atom. The van der Waals surface area contributed by atoms with Crippen molar-refractivity contribution in [2.45, 2.75) is 13.8 Å². The summed E-state index contributed by atoms with van der Waals surface area (Å²) in [6.45, 7) is 2.78. The van der Waals surface area contributed by atoms with Crippen molar-refractivity contribution in [2.75, 3.05) is 6.61 Å². The van der Waals surface area contributed by atoms with Crippen LogP contribution in [0.25, 0.3) is 0 Å². The molecule has 0 aliphatic heterocycles. The third-order valence-corrected chi connectivity index (χ3v) is 3.69. The van der Waals surface area contributed by atoms with Crippen LogP contribution in [0.4, 0.5) is 0 Å². The molecular weight excluding hydrogens is 308 g/mol. The van der Waals surface area contributed by atoms with E-state index in [4.69, 9.17) is 16.3 Å². The Morgan fingerprint density at radius 1 is 1.14 bits per heavy atom. The largest absolute Gasteiger partial charge is 0.465 e. The number of allylic oxidation sites excluding steroid dienone is 1. The Kier molecular flexibility index (Phi) is 4.56. The van der Waals surface area contributed by atoms with Crippen LogP contribution in [-0.2, 0) is 14.3 Å². The van der Waals surface area contributed by atoms with E-state index in [0.29, 0.717) is 0 Å². The highest BCUT2D eigenvalue weighted by Crippen LogP contribution is 2.33. The van der Waals surface area contributed by atoms with Crippen LogP contribution in [0.3, 0.4) is 0 Å². The summed E-state index contributed by atoms with van der Waals surface area (Å²) in [5.74, 6) is -4.16. The maximum Gasteiger partial charge on any atom is 0.321 e. The lowest BCUT2D eigenvalue weighted by Gasteiger charge is -2.22. The minimum Gasteiger partial charge on any atom is -0.465 e. The van der Waals surface area contributed by atoms with Gasteiger partial charge in [0.1, 0.15) is 11.7 Å². The van der Waals surface area contributed by atoms with E-state index in [-0.39, 0.29) is 23.3 Å². The number of hydrogen-bond donors (Lipinski definition) is 0. The van der Waals surface area contributed by atoms with E-state index in [0.717, 1.165) is 6.92 Å². The summed E-state index contributed by atoms with van der Waals surface area (Å²) >= 11 is 5.99. The van der Waals surface area contributed by atoms with Crippen molar-refractivity contribution < 1.29 is 23.9 Å². The smallest absolute Gasteiger partial charge is 0.321 e. The van der Waals surface area contributed by atoms with Gasteiger partial charge < -0.3 is 4.74 Å². The minimum absolute atomic E-state index is 0.0479. The number of hydrogen-bond acceptors (Lipinski definition) is 5. The van der Waals surface area contributed by atoms with E-state index in [1.807, 2.05) is 0 Å². The molecule has 0 N–H and O–H groups in total. The number of benzene rings is 1. The maximum absolute atomic E-state index is 12.6. The van der Waals surface area contributed by atoms with Crippen LogP contribution in [-0.4, -0.2) is 29.9 Å². The third kappa shape index (κ3) is 2.60. The van der Waals surface area contributed by atoms with Gasteiger partial charge in [-0.1, -0.05) is 35.9 Å². The van der Waals surface area contributed by atoms with Crippen LogP contribution in [0.2, 0.25) is 0 Å². The van der Waals surface area contributed by atoms with E-state index in [2.05, 4.69) is 0 Å². The molecule has 0 saturated heterocycles. The number of ether oxygens (including phenoxy) is 1. The average molecular weight is 321 g/mol. The normalized spacial score (nSPS) is 15.4. The van der Waals surface area contributed by atoms with Gasteiger partial charge >= 0.3 is 5.97 Å². The molecule has 0 spiro atoms. The van der Waals surface area contributed by atoms with Crippen LogP contribution >= 0.6 is 11.6 Å². The van der Waals surface area contributed by atoms with Gasteiger partial charge in [0.2, 0.25) is 5.78 Å². The van der Waals surface area contributed by atoms with Crippen LogP contribution in [0.15, 0.2) is 34.9 Å². The summed E-state index contributed by atoms with van der Waals surface area (Å²) in [5.41, 5.74) is -0.0221. The summed E-state index contributed by atoms with van der Waals surface area (Å²) in [6, 6.07) is 6.13. The number of ketones is 3. The number of carbonyl (C=O) groups excluding carboxylic acids is 4. The van der Waals surface area contributed by atoms with E-state index >= 15 is 0 Å². The zero-order valence-corrected chi connectivity index (χ0v) is 12.8. The number of carbonyl (C=O) groups is 4. The zero-order valence-electron chi connectivity index (χ0n) is 12.0. The average Bonchev–Trinajstić information content (AvgIpc) is 2.49. The van der Waals surface area contributed by atoms with Gasteiger partial charge in [0.05, 0.1) is 11.6 Å². The van der Waals surface area contributed by atoms with Crippen LogP contribution in [0.5, 0.6) is 0 Å². The fourth-order valence-electron chi connectivity index (χ4n) is 2.33. The van der Waals surface area contributed by atoms with Gasteiger partial charge in [-0.25, -0.2) is 0 Å². The molecule has 0 radical (unpaired) electrons. The van der Waals surface area contributed by atoms with E-state index in [1.165, 1.54) is 12.1 Å². The molecule has 0 fully saturated rings. The van der Waals surface area contributed by atoms with Crippen molar-refractivity contribution in [1.29, 1.82) is 0 Å². The van der Waals surface area contributed by atoms with Crippen molar-refractivity contribution in [3.05, 3.63) is 46.0 Å². The molecule has 1 unspecified atom stereocenters. The first kappa shape index (κ1) is 16.1. The summed E-state index contributed by atoms with van der Waals surface area (Å²) < 4.78 is 4.82. The molecule has 1 aliphatic rings. The van der Waals surface area contributed by atoms with Gasteiger partial charge in [0.15, 0.2) is 5.78 Å². The molecular formula is C16H13ClO5. The predicted octanol–water partition coefficient (Wildman–Crippen LogP) is 2.33. The highest BCUT2D eigenvalue weighted by molar-refractivity contribution is 6.50. The SMILES string of the molecule is CCOC(=O)C(C(C)=O)C1=C(Cl)C(=O)c2ccccc2C1=O. The topological polar surface area (TPSA) is 77.5 Å². The van der Waals surface area contributed by atoms with Gasteiger partial charge in [0, 0.05) is 16.7 Å². The Morgan fingerprint density at radius 3 is 2.18 bits per heavy atom. The second-order valence-corrected chi connectivity index (χ2v) is 5.11. The predicted molar refractivity (Wildman–Crippen MR) is 78.8 cm³/mol. The summed E-state index contributed by atoms with van der Waals surface area (Å²) in [5, 5.41) is -0.406. The van der Waals surface area contributed by atoms with Crippen molar-refractivity contribution in [3.8, 4) is 0 Å². The Balaban J connectivity index is 2.60. The molecule has 6 heteroatoms. The maximum atomic E-state index is 12.6. The first-order valence-electron chi connectivity index (χ1n) is 6.65. The van der Waals surface area contributed by atoms with Gasteiger partial charge in [-0.3, -0.25) is 19.2 Å². The van der Waals surface area contributed by atoms with Crippen molar-refractivity contribution in [2.24, 2.45) is 5.92 Å². The van der Waals surface area contributed by atoms with Crippen LogP contribution in [0.1, 0.15) is 34.6 Å². The molecule has 0 heterocycles. The van der Waals surface area contributed by atoms with Crippen molar-refractivity contribution in [1.82, 2.24) is 0 Å². The van der Waals surface area contributed by atoms with E-state index < -0.39 is 34.3 Å². The third-order valence-electron chi connectivity index (χ3n) is 3.31. The van der Waals surface area contributed by atoms with Gasteiger partial charge in [-0.2, -0.15) is 0 Å². The molecule has 1 aliphatic carbocycles. The van der Waals surface area contributed by atoms with E-state index in [9.17, 15) is 19.2 Å². The lowest BCUT2D eigenvalue weighted by atomic mass is 9.81. The summed E-state index contributed by atoms with van der Waals surface area (Å²) in [4.78, 5) is 48.7. The molecule has 0 bridgehead atoms. The molecule has 1 atom stereocenters. The van der Waals surface area contributed by atoms with Crippen molar-refractivity contribution >= 4 is 34.9 Å². The molecule has 0 amide bonds. The number of halogens is 1. The van der Waals surface area contributed by atoms with Crippen LogP contribution in [0, 0.1) is 5.92 Å². The highest BCUT2D eigenvalue weighted by Gasteiger charge is 2.41. The molecule has 0 aromatic heterocycles.